The van der Waals surface area contributed by atoms with E-state index in [1.165, 1.54) is 0 Å². The molecule has 19 heavy (non-hydrogen) atoms. The first kappa shape index (κ1) is 12.7. The molecule has 2 fully saturated rings. The third-order valence-corrected chi connectivity index (χ3v) is 4.39. The van der Waals surface area contributed by atoms with Gasteiger partial charge in [-0.1, -0.05) is 0 Å². The highest BCUT2D eigenvalue weighted by molar-refractivity contribution is 5.39. The molecule has 2 unspecified atom stereocenters. The Bertz CT molecular complexity index is 510. The van der Waals surface area contributed by atoms with Gasteiger partial charge in [0.1, 0.15) is 11.6 Å². The SMILES string of the molecule is CC1CN(c2cc(=O)[nH]c(C3CC3)n2)CC(C)N1C. The molecule has 0 radical (unpaired) electrons. The van der Waals surface area contributed by atoms with Crippen molar-refractivity contribution in [2.24, 2.45) is 0 Å². The lowest BCUT2D eigenvalue weighted by Crippen LogP contribution is -2.55. The molecule has 3 rings (SSSR count). The number of likely N-dealkylation sites (N-methyl/N-ethyl adjacent to an activating group) is 1. The van der Waals surface area contributed by atoms with Gasteiger partial charge in [-0.2, -0.15) is 0 Å². The molecule has 0 bridgehead atoms. The van der Waals surface area contributed by atoms with Crippen molar-refractivity contribution in [3.8, 4) is 0 Å². The molecule has 2 atom stereocenters. The summed E-state index contributed by atoms with van der Waals surface area (Å²) < 4.78 is 0. The molecule has 1 saturated heterocycles. The van der Waals surface area contributed by atoms with Crippen LogP contribution in [0, 0.1) is 0 Å². The smallest absolute Gasteiger partial charge is 0.252 e. The van der Waals surface area contributed by atoms with Crippen LogP contribution in [0.3, 0.4) is 0 Å². The maximum absolute atomic E-state index is 11.8. The van der Waals surface area contributed by atoms with Crippen LogP contribution >= 0.6 is 0 Å². The zero-order chi connectivity index (χ0) is 13.6. The van der Waals surface area contributed by atoms with Crippen LogP contribution in [0.4, 0.5) is 5.82 Å². The summed E-state index contributed by atoms with van der Waals surface area (Å²) in [6, 6.07) is 2.60. The molecule has 2 heterocycles. The Morgan fingerprint density at radius 1 is 1.26 bits per heavy atom. The maximum atomic E-state index is 11.8. The zero-order valence-electron chi connectivity index (χ0n) is 11.9. The van der Waals surface area contributed by atoms with Crippen molar-refractivity contribution in [1.29, 1.82) is 0 Å². The molecule has 0 amide bonds. The van der Waals surface area contributed by atoms with Gasteiger partial charge in [-0.25, -0.2) is 4.98 Å². The second-order valence-corrected chi connectivity index (χ2v) is 6.03. The maximum Gasteiger partial charge on any atom is 0.252 e. The van der Waals surface area contributed by atoms with Crippen LogP contribution in [-0.4, -0.2) is 47.1 Å². The second kappa shape index (κ2) is 4.63. The number of rotatable bonds is 2. The minimum Gasteiger partial charge on any atom is -0.353 e. The summed E-state index contributed by atoms with van der Waals surface area (Å²) in [5.41, 5.74) is -0.0221. The number of anilines is 1. The average Bonchev–Trinajstić information content (AvgIpc) is 3.18. The molecule has 1 N–H and O–H groups in total. The molecule has 5 heteroatoms. The lowest BCUT2D eigenvalue weighted by atomic mass is 10.1. The highest BCUT2D eigenvalue weighted by Gasteiger charge is 2.30. The Hall–Kier alpha value is -1.36. The Kier molecular flexibility index (Phi) is 3.09. The van der Waals surface area contributed by atoms with Crippen LogP contribution in [0.25, 0.3) is 0 Å². The topological polar surface area (TPSA) is 52.2 Å². The van der Waals surface area contributed by atoms with Crippen LogP contribution < -0.4 is 10.5 Å². The Morgan fingerprint density at radius 3 is 2.47 bits per heavy atom. The third-order valence-electron chi connectivity index (χ3n) is 4.39. The number of nitrogens with one attached hydrogen (secondary N) is 1. The lowest BCUT2D eigenvalue weighted by molar-refractivity contribution is 0.169. The summed E-state index contributed by atoms with van der Waals surface area (Å²) >= 11 is 0. The average molecular weight is 262 g/mol. The molecular weight excluding hydrogens is 240 g/mol. The highest BCUT2D eigenvalue weighted by Crippen LogP contribution is 2.38. The van der Waals surface area contributed by atoms with Crippen LogP contribution in [0.15, 0.2) is 10.9 Å². The van der Waals surface area contributed by atoms with Gasteiger partial charge in [0.25, 0.3) is 5.56 Å². The van der Waals surface area contributed by atoms with E-state index in [0.717, 1.165) is 37.6 Å². The molecule has 1 aliphatic carbocycles. The van der Waals surface area contributed by atoms with Crippen LogP contribution in [0.5, 0.6) is 0 Å². The number of H-pyrrole nitrogens is 1. The van der Waals surface area contributed by atoms with Gasteiger partial charge in [0.2, 0.25) is 0 Å². The van der Waals surface area contributed by atoms with Gasteiger partial charge < -0.3 is 9.88 Å². The van der Waals surface area contributed by atoms with E-state index in [2.05, 4.69) is 40.7 Å². The van der Waals surface area contributed by atoms with E-state index < -0.39 is 0 Å². The Morgan fingerprint density at radius 2 is 1.89 bits per heavy atom. The zero-order valence-corrected chi connectivity index (χ0v) is 11.9. The fourth-order valence-electron chi connectivity index (χ4n) is 2.77. The number of hydrogen-bond donors (Lipinski definition) is 1. The van der Waals surface area contributed by atoms with E-state index in [1.54, 1.807) is 6.07 Å². The molecule has 0 spiro atoms. The summed E-state index contributed by atoms with van der Waals surface area (Å²) in [5.74, 6) is 2.20. The Balaban J connectivity index is 1.87. The van der Waals surface area contributed by atoms with Gasteiger partial charge >= 0.3 is 0 Å². The van der Waals surface area contributed by atoms with Crippen molar-refractivity contribution in [3.05, 3.63) is 22.2 Å². The summed E-state index contributed by atoms with van der Waals surface area (Å²) in [5, 5.41) is 0. The number of aromatic amines is 1. The predicted octanol–water partition coefficient (Wildman–Crippen LogP) is 1.18. The van der Waals surface area contributed by atoms with Gasteiger partial charge in [-0.05, 0) is 33.7 Å². The Labute approximate surface area is 113 Å². The molecule has 104 valence electrons. The van der Waals surface area contributed by atoms with Crippen molar-refractivity contribution < 1.29 is 0 Å². The molecule has 1 aromatic heterocycles. The van der Waals surface area contributed by atoms with Gasteiger partial charge in [0, 0.05) is 37.2 Å². The normalized spacial score (nSPS) is 28.7. The van der Waals surface area contributed by atoms with E-state index in [-0.39, 0.29) is 5.56 Å². The van der Waals surface area contributed by atoms with Crippen molar-refractivity contribution in [2.75, 3.05) is 25.0 Å². The third kappa shape index (κ3) is 2.52. The summed E-state index contributed by atoms with van der Waals surface area (Å²) in [6.07, 6.45) is 2.31. The standard InChI is InChI=1S/C14H22N4O/c1-9-7-18(8-10(2)17(9)3)12-6-13(19)16-14(15-12)11-4-5-11/h6,9-11H,4-5,7-8H2,1-3H3,(H,15,16,19). The minimum absolute atomic E-state index is 0.0221. The summed E-state index contributed by atoms with van der Waals surface area (Å²) in [7, 11) is 2.16. The number of hydrogen-bond acceptors (Lipinski definition) is 4. The first-order chi connectivity index (χ1) is 9.04. The molecule has 1 aliphatic heterocycles. The first-order valence-corrected chi connectivity index (χ1v) is 7.12. The number of nitrogens with zero attached hydrogens (tertiary/aromatic N) is 3. The van der Waals surface area contributed by atoms with Crippen molar-refractivity contribution >= 4 is 5.82 Å². The van der Waals surface area contributed by atoms with Crippen LogP contribution in [0.1, 0.15) is 38.4 Å². The molecule has 1 aromatic rings. The molecule has 2 aliphatic rings. The van der Waals surface area contributed by atoms with Crippen molar-refractivity contribution in [3.63, 3.8) is 0 Å². The summed E-state index contributed by atoms with van der Waals surface area (Å²) in [4.78, 5) is 23.9. The van der Waals surface area contributed by atoms with Gasteiger partial charge in [-0.15, -0.1) is 0 Å². The second-order valence-electron chi connectivity index (χ2n) is 6.03. The van der Waals surface area contributed by atoms with Crippen molar-refractivity contribution in [1.82, 2.24) is 14.9 Å². The van der Waals surface area contributed by atoms with E-state index in [9.17, 15) is 4.79 Å². The molecular formula is C14H22N4O. The number of aromatic nitrogens is 2. The summed E-state index contributed by atoms with van der Waals surface area (Å²) in [6.45, 7) is 6.30. The molecule has 5 nitrogen and oxygen atoms in total. The lowest BCUT2D eigenvalue weighted by Gasteiger charge is -2.42. The van der Waals surface area contributed by atoms with Crippen LogP contribution in [-0.2, 0) is 0 Å². The quantitative estimate of drug-likeness (QED) is 0.869. The minimum atomic E-state index is -0.0221. The first-order valence-electron chi connectivity index (χ1n) is 7.12. The van der Waals surface area contributed by atoms with E-state index >= 15 is 0 Å². The van der Waals surface area contributed by atoms with Crippen molar-refractivity contribution in [2.45, 2.75) is 44.7 Å². The fourth-order valence-corrected chi connectivity index (χ4v) is 2.77. The van der Waals surface area contributed by atoms with Gasteiger partial charge in [0.15, 0.2) is 0 Å². The fraction of sp³-hybridized carbons (Fsp3) is 0.714. The van der Waals surface area contributed by atoms with Gasteiger partial charge in [0.05, 0.1) is 0 Å². The monoisotopic (exact) mass is 262 g/mol. The van der Waals surface area contributed by atoms with E-state index in [4.69, 9.17) is 0 Å². The van der Waals surface area contributed by atoms with Gasteiger partial charge in [-0.3, -0.25) is 9.69 Å². The molecule has 1 saturated carbocycles. The predicted molar refractivity (Wildman–Crippen MR) is 75.7 cm³/mol. The van der Waals surface area contributed by atoms with Crippen LogP contribution in [0.2, 0.25) is 0 Å². The van der Waals surface area contributed by atoms with E-state index in [0.29, 0.717) is 18.0 Å². The largest absolute Gasteiger partial charge is 0.353 e. The van der Waals surface area contributed by atoms with E-state index in [1.807, 2.05) is 0 Å². The molecule has 0 aromatic carbocycles. The highest BCUT2D eigenvalue weighted by atomic mass is 16.1. The number of piperazine rings is 1.